The van der Waals surface area contributed by atoms with Crippen LogP contribution in [0.3, 0.4) is 0 Å². The van der Waals surface area contributed by atoms with E-state index < -0.39 is 29.7 Å². The van der Waals surface area contributed by atoms with E-state index in [1.165, 1.54) is 23.1 Å². The average molecular weight is 437 g/mol. The van der Waals surface area contributed by atoms with Crippen molar-refractivity contribution in [2.75, 3.05) is 11.4 Å². The summed E-state index contributed by atoms with van der Waals surface area (Å²) in [6.45, 7) is 3.73. The van der Waals surface area contributed by atoms with Gasteiger partial charge in [-0.1, -0.05) is 29.8 Å². The number of fused-ring (bicyclic) bond motifs is 5. The quantitative estimate of drug-likeness (QED) is 0.416. The molecule has 3 aliphatic heterocycles. The lowest BCUT2D eigenvalue weighted by Crippen LogP contribution is -2.48. The van der Waals surface area contributed by atoms with Gasteiger partial charge in [-0.15, -0.1) is 6.58 Å². The number of rotatable bonds is 4. The van der Waals surface area contributed by atoms with Crippen molar-refractivity contribution in [2.24, 2.45) is 11.8 Å². The fourth-order valence-corrected chi connectivity index (χ4v) is 5.13. The molecule has 0 N–H and O–H groups in total. The Morgan fingerprint density at radius 3 is 2.52 bits per heavy atom. The van der Waals surface area contributed by atoms with Gasteiger partial charge in [0.25, 0.3) is 0 Å². The Morgan fingerprint density at radius 1 is 1.10 bits per heavy atom. The van der Waals surface area contributed by atoms with Gasteiger partial charge in [-0.25, -0.2) is 4.39 Å². The highest BCUT2D eigenvalue weighted by molar-refractivity contribution is 6.30. The smallest absolute Gasteiger partial charge is 0.236 e. The van der Waals surface area contributed by atoms with Crippen LogP contribution in [-0.2, 0) is 9.59 Å². The molecule has 0 saturated carbocycles. The third-order valence-corrected chi connectivity index (χ3v) is 6.52. The average Bonchev–Trinajstić information content (AvgIpc) is 3.22. The molecule has 156 valence electrons. The maximum atomic E-state index is 13.8. The fraction of sp³-hybridized carbons (Fsp3) is 0.208. The number of carbonyl (C=O) groups excluding carboxylic acids is 3. The van der Waals surface area contributed by atoms with E-state index in [9.17, 15) is 18.8 Å². The number of likely N-dealkylation sites (tertiary alicyclic amines) is 1. The zero-order valence-electron chi connectivity index (χ0n) is 16.4. The number of halogens is 2. The minimum absolute atomic E-state index is 0.102. The summed E-state index contributed by atoms with van der Waals surface area (Å²) in [4.78, 5) is 43.1. The van der Waals surface area contributed by atoms with Gasteiger partial charge in [0.15, 0.2) is 5.78 Å². The minimum Gasteiger partial charge on any atom is -0.352 e. The molecule has 0 bridgehead atoms. The second-order valence-corrected chi connectivity index (χ2v) is 8.34. The first-order valence-electron chi connectivity index (χ1n) is 9.94. The van der Waals surface area contributed by atoms with Crippen molar-refractivity contribution in [2.45, 2.75) is 12.1 Å². The summed E-state index contributed by atoms with van der Waals surface area (Å²) in [6, 6.07) is 9.39. The molecule has 0 unspecified atom stereocenters. The van der Waals surface area contributed by atoms with Gasteiger partial charge in [0.05, 0.1) is 17.9 Å². The first-order chi connectivity index (χ1) is 14.9. The second kappa shape index (κ2) is 7.17. The normalized spacial score (nSPS) is 26.0. The molecule has 3 heterocycles. The van der Waals surface area contributed by atoms with E-state index in [1.807, 2.05) is 4.90 Å². The van der Waals surface area contributed by atoms with Crippen molar-refractivity contribution < 1.29 is 18.8 Å². The van der Waals surface area contributed by atoms with E-state index in [-0.39, 0.29) is 24.1 Å². The third kappa shape index (κ3) is 2.86. The molecule has 0 radical (unpaired) electrons. The lowest BCUT2D eigenvalue weighted by molar-refractivity contribution is -0.139. The molecule has 7 heteroatoms. The summed E-state index contributed by atoms with van der Waals surface area (Å²) in [5.74, 6) is -2.89. The summed E-state index contributed by atoms with van der Waals surface area (Å²) in [6.07, 6.45) is 5.04. The van der Waals surface area contributed by atoms with Crippen LogP contribution in [0.2, 0.25) is 5.02 Å². The van der Waals surface area contributed by atoms with E-state index in [1.54, 1.807) is 42.5 Å². The molecule has 0 aliphatic carbocycles. The lowest BCUT2D eigenvalue weighted by atomic mass is 9.86. The first-order valence-corrected chi connectivity index (χ1v) is 10.3. The number of anilines is 1. The van der Waals surface area contributed by atoms with Crippen LogP contribution in [0.15, 0.2) is 61.2 Å². The molecule has 5 rings (SSSR count). The van der Waals surface area contributed by atoms with Gasteiger partial charge in [-0.2, -0.15) is 0 Å². The molecule has 2 saturated heterocycles. The third-order valence-electron chi connectivity index (χ3n) is 6.27. The lowest BCUT2D eigenvalue weighted by Gasteiger charge is -2.36. The standard InChI is InChI=1S/C24H18ClFN2O3/c1-2-11-27-23(30)19-18-9-5-14-12-16(26)8-10-17(14)28(18)21(20(19)24(27)31)22(29)13-3-6-15(25)7-4-13/h2-10,12,18-21H,1,11H2/t18-,19+,20+,21+/m0/s1. The Hall–Kier alpha value is -3.25. The second-order valence-electron chi connectivity index (χ2n) is 7.90. The van der Waals surface area contributed by atoms with Gasteiger partial charge in [0.2, 0.25) is 11.8 Å². The number of imide groups is 1. The number of benzene rings is 2. The number of hydrogen-bond donors (Lipinski definition) is 0. The van der Waals surface area contributed by atoms with Gasteiger partial charge in [-0.3, -0.25) is 19.3 Å². The molecule has 2 fully saturated rings. The van der Waals surface area contributed by atoms with E-state index in [2.05, 4.69) is 6.58 Å². The Bertz CT molecular complexity index is 1160. The largest absolute Gasteiger partial charge is 0.352 e. The van der Waals surface area contributed by atoms with Gasteiger partial charge in [0.1, 0.15) is 11.9 Å². The van der Waals surface area contributed by atoms with Gasteiger partial charge in [0, 0.05) is 28.4 Å². The van der Waals surface area contributed by atoms with Crippen molar-refractivity contribution in [3.05, 3.63) is 83.2 Å². The molecular formula is C24H18ClFN2O3. The highest BCUT2D eigenvalue weighted by atomic mass is 35.5. The number of hydrogen-bond acceptors (Lipinski definition) is 4. The number of amides is 2. The molecular weight excluding hydrogens is 419 g/mol. The first kappa shape index (κ1) is 19.7. The van der Waals surface area contributed by atoms with E-state index in [0.717, 1.165) is 0 Å². The molecule has 3 aliphatic rings. The van der Waals surface area contributed by atoms with Crippen LogP contribution in [0.25, 0.3) is 6.08 Å². The van der Waals surface area contributed by atoms with Gasteiger partial charge < -0.3 is 4.90 Å². The molecule has 2 aromatic carbocycles. The summed E-state index contributed by atoms with van der Waals surface area (Å²) in [5, 5.41) is 0.490. The highest BCUT2D eigenvalue weighted by Gasteiger charge is 2.63. The van der Waals surface area contributed by atoms with Crippen LogP contribution in [-0.4, -0.2) is 41.1 Å². The van der Waals surface area contributed by atoms with Crippen LogP contribution in [0.1, 0.15) is 15.9 Å². The van der Waals surface area contributed by atoms with Gasteiger partial charge >= 0.3 is 0 Å². The number of ketones is 1. The SMILES string of the molecule is C=CCN1C(=O)[C@@H]2[C@H](C1=O)[C@@H]1C=Cc3cc(F)ccc3N1[C@H]2C(=O)c1ccc(Cl)cc1. The molecule has 2 aromatic rings. The molecule has 0 aromatic heterocycles. The van der Waals surface area contributed by atoms with Crippen LogP contribution in [0.4, 0.5) is 10.1 Å². The van der Waals surface area contributed by atoms with E-state index in [4.69, 9.17) is 11.6 Å². The zero-order valence-corrected chi connectivity index (χ0v) is 17.1. The minimum atomic E-state index is -0.892. The number of carbonyl (C=O) groups is 3. The maximum absolute atomic E-state index is 13.8. The van der Waals surface area contributed by atoms with Crippen LogP contribution < -0.4 is 4.90 Å². The van der Waals surface area contributed by atoms with E-state index >= 15 is 0 Å². The predicted molar refractivity (Wildman–Crippen MR) is 115 cm³/mol. The molecule has 4 atom stereocenters. The maximum Gasteiger partial charge on any atom is 0.236 e. The summed E-state index contributed by atoms with van der Waals surface area (Å²) < 4.78 is 13.8. The summed E-state index contributed by atoms with van der Waals surface area (Å²) in [7, 11) is 0. The van der Waals surface area contributed by atoms with Gasteiger partial charge in [-0.05, 0) is 42.5 Å². The highest BCUT2D eigenvalue weighted by Crippen LogP contribution is 2.49. The topological polar surface area (TPSA) is 57.7 Å². The van der Waals surface area contributed by atoms with E-state index in [0.29, 0.717) is 21.8 Å². The van der Waals surface area contributed by atoms with Crippen molar-refractivity contribution in [1.82, 2.24) is 4.90 Å². The number of nitrogens with zero attached hydrogens (tertiary/aromatic N) is 2. The summed E-state index contributed by atoms with van der Waals surface area (Å²) >= 11 is 5.97. The summed E-state index contributed by atoms with van der Waals surface area (Å²) in [5.41, 5.74) is 1.63. The Balaban J connectivity index is 1.66. The molecule has 0 spiro atoms. The monoisotopic (exact) mass is 436 g/mol. The number of Topliss-reactive ketones (excluding diaryl/α,β-unsaturated/α-hetero) is 1. The Morgan fingerprint density at radius 2 is 1.81 bits per heavy atom. The van der Waals surface area contributed by atoms with Crippen LogP contribution in [0, 0.1) is 17.7 Å². The van der Waals surface area contributed by atoms with Crippen LogP contribution >= 0.6 is 11.6 Å². The fourth-order valence-electron chi connectivity index (χ4n) is 5.00. The molecule has 31 heavy (non-hydrogen) atoms. The van der Waals surface area contributed by atoms with Crippen molar-refractivity contribution >= 4 is 41.0 Å². The predicted octanol–water partition coefficient (Wildman–Crippen LogP) is 3.73. The molecule has 2 amide bonds. The van der Waals surface area contributed by atoms with Crippen LogP contribution in [0.5, 0.6) is 0 Å². The Labute approximate surface area is 183 Å². The van der Waals surface area contributed by atoms with Crippen molar-refractivity contribution in [3.63, 3.8) is 0 Å². The van der Waals surface area contributed by atoms with Crippen molar-refractivity contribution in [1.29, 1.82) is 0 Å². The van der Waals surface area contributed by atoms with Crippen molar-refractivity contribution in [3.8, 4) is 0 Å². The molecule has 5 nitrogen and oxygen atoms in total. The Kier molecular flexibility index (Phi) is 4.55. The zero-order chi connectivity index (χ0) is 21.9.